The molecule has 0 bridgehead atoms. The SMILES string of the molecule is CC(C)=Cc1ccc2c(N)c(C(=O)c3c([O-])on[n+]3-c3ccccc3)sc2n1. The van der Waals surface area contributed by atoms with E-state index in [4.69, 9.17) is 10.3 Å². The van der Waals surface area contributed by atoms with Crippen molar-refractivity contribution >= 4 is 39.1 Å². The zero-order valence-corrected chi connectivity index (χ0v) is 16.0. The molecule has 0 spiro atoms. The second-order valence-corrected chi connectivity index (χ2v) is 7.44. The maximum absolute atomic E-state index is 13.1. The highest BCUT2D eigenvalue weighted by Crippen LogP contribution is 2.35. The van der Waals surface area contributed by atoms with Crippen LogP contribution in [0.2, 0.25) is 0 Å². The van der Waals surface area contributed by atoms with Crippen LogP contribution in [-0.2, 0) is 0 Å². The van der Waals surface area contributed by atoms with Crippen LogP contribution in [0.5, 0.6) is 5.95 Å². The van der Waals surface area contributed by atoms with E-state index >= 15 is 0 Å². The largest absolute Gasteiger partial charge is 0.539 e. The Bertz CT molecular complexity index is 1220. The number of hydrogen-bond donors (Lipinski definition) is 1. The van der Waals surface area contributed by atoms with Crippen molar-refractivity contribution in [1.82, 2.24) is 10.3 Å². The number of anilines is 1. The quantitative estimate of drug-likeness (QED) is 0.422. The first-order chi connectivity index (χ1) is 13.5. The fourth-order valence-electron chi connectivity index (χ4n) is 2.85. The van der Waals surface area contributed by atoms with E-state index < -0.39 is 11.7 Å². The summed E-state index contributed by atoms with van der Waals surface area (Å²) in [6.07, 6.45) is 1.94. The number of pyridine rings is 1. The van der Waals surface area contributed by atoms with Crippen LogP contribution in [0.25, 0.3) is 22.0 Å². The molecule has 0 aliphatic rings. The van der Waals surface area contributed by atoms with Gasteiger partial charge < -0.3 is 15.4 Å². The molecule has 0 atom stereocenters. The van der Waals surface area contributed by atoms with Crippen molar-refractivity contribution < 1.29 is 19.1 Å². The van der Waals surface area contributed by atoms with E-state index in [1.807, 2.05) is 38.1 Å². The first-order valence-electron chi connectivity index (χ1n) is 8.49. The monoisotopic (exact) mass is 392 g/mol. The minimum absolute atomic E-state index is 0.200. The summed E-state index contributed by atoms with van der Waals surface area (Å²) in [5.74, 6) is -1.36. The van der Waals surface area contributed by atoms with Gasteiger partial charge in [-0.25, -0.2) is 4.98 Å². The molecule has 8 heteroatoms. The second-order valence-electron chi connectivity index (χ2n) is 6.44. The number of para-hydroxylation sites is 1. The molecule has 28 heavy (non-hydrogen) atoms. The zero-order chi connectivity index (χ0) is 19.8. The van der Waals surface area contributed by atoms with Crippen LogP contribution in [0.15, 0.2) is 52.6 Å². The average molecular weight is 392 g/mol. The van der Waals surface area contributed by atoms with Gasteiger partial charge >= 0.3 is 5.69 Å². The lowest BCUT2D eigenvalue weighted by atomic mass is 10.1. The molecule has 7 nitrogen and oxygen atoms in total. The molecule has 0 aliphatic carbocycles. The third kappa shape index (κ3) is 3.03. The first-order valence-corrected chi connectivity index (χ1v) is 9.30. The normalized spacial score (nSPS) is 10.9. The van der Waals surface area contributed by atoms with Crippen LogP contribution < -0.4 is 15.5 Å². The lowest BCUT2D eigenvalue weighted by molar-refractivity contribution is -0.672. The number of aromatic nitrogens is 3. The molecule has 2 N–H and O–H groups in total. The summed E-state index contributed by atoms with van der Waals surface area (Å²) < 4.78 is 5.94. The maximum atomic E-state index is 13.1. The van der Waals surface area contributed by atoms with E-state index in [-0.39, 0.29) is 10.6 Å². The van der Waals surface area contributed by atoms with Gasteiger partial charge in [-0.05, 0) is 36.7 Å². The number of allylic oxidation sites excluding steroid dienone is 1. The van der Waals surface area contributed by atoms with Crippen LogP contribution in [0.3, 0.4) is 0 Å². The molecule has 0 unspecified atom stereocenters. The summed E-state index contributed by atoms with van der Waals surface area (Å²) in [6, 6.07) is 12.5. The summed E-state index contributed by atoms with van der Waals surface area (Å²) in [4.78, 5) is 18.6. The Morgan fingerprint density at radius 1 is 1.21 bits per heavy atom. The summed E-state index contributed by atoms with van der Waals surface area (Å²) in [5, 5.41) is 16.6. The third-order valence-electron chi connectivity index (χ3n) is 4.08. The van der Waals surface area contributed by atoms with Crippen LogP contribution >= 0.6 is 11.3 Å². The number of ketones is 1. The van der Waals surface area contributed by atoms with Gasteiger partial charge in [-0.15, -0.1) is 11.3 Å². The van der Waals surface area contributed by atoms with E-state index in [1.165, 1.54) is 4.68 Å². The minimum atomic E-state index is -0.816. The van der Waals surface area contributed by atoms with Crippen molar-refractivity contribution in [2.75, 3.05) is 5.73 Å². The van der Waals surface area contributed by atoms with Gasteiger partial charge in [0.1, 0.15) is 9.71 Å². The minimum Gasteiger partial charge on any atom is -0.539 e. The van der Waals surface area contributed by atoms with E-state index in [2.05, 4.69) is 10.3 Å². The third-order valence-corrected chi connectivity index (χ3v) is 5.20. The Labute approximate surface area is 164 Å². The number of thiophene rings is 1. The van der Waals surface area contributed by atoms with Gasteiger partial charge in [0.05, 0.1) is 16.7 Å². The van der Waals surface area contributed by atoms with E-state index in [0.29, 0.717) is 21.6 Å². The lowest BCUT2D eigenvalue weighted by Crippen LogP contribution is -2.39. The molecule has 140 valence electrons. The number of nitrogens with two attached hydrogens (primary N) is 1. The smallest absolute Gasteiger partial charge is 0.312 e. The van der Waals surface area contributed by atoms with Crippen LogP contribution in [0.1, 0.15) is 34.9 Å². The van der Waals surface area contributed by atoms with Crippen molar-refractivity contribution in [3.8, 4) is 11.6 Å². The molecule has 4 aromatic rings. The van der Waals surface area contributed by atoms with Gasteiger partial charge in [-0.2, -0.15) is 0 Å². The van der Waals surface area contributed by atoms with Crippen molar-refractivity contribution in [1.29, 1.82) is 0 Å². The number of carbonyl (C=O) groups is 1. The summed E-state index contributed by atoms with van der Waals surface area (Å²) in [6.45, 7) is 3.96. The van der Waals surface area contributed by atoms with Crippen molar-refractivity contribution in [3.63, 3.8) is 0 Å². The Hall–Kier alpha value is -3.52. The molecule has 0 amide bonds. The molecule has 0 saturated carbocycles. The highest BCUT2D eigenvalue weighted by molar-refractivity contribution is 7.21. The summed E-state index contributed by atoms with van der Waals surface area (Å²) >= 11 is 1.15. The molecule has 3 heterocycles. The van der Waals surface area contributed by atoms with Gasteiger partial charge in [-0.1, -0.05) is 23.8 Å². The fraction of sp³-hybridized carbons (Fsp3) is 0.100. The predicted molar refractivity (Wildman–Crippen MR) is 104 cm³/mol. The van der Waals surface area contributed by atoms with Crippen LogP contribution in [0, 0.1) is 0 Å². The maximum Gasteiger partial charge on any atom is 0.312 e. The highest BCUT2D eigenvalue weighted by Gasteiger charge is 2.31. The van der Waals surface area contributed by atoms with E-state index in [0.717, 1.165) is 22.6 Å². The van der Waals surface area contributed by atoms with Gasteiger partial charge in [0.25, 0.3) is 5.78 Å². The number of nitrogens with zero attached hydrogens (tertiary/aromatic N) is 3. The van der Waals surface area contributed by atoms with Gasteiger partial charge in [0.15, 0.2) is 5.95 Å². The Morgan fingerprint density at radius 2 is 1.96 bits per heavy atom. The molecule has 3 aromatic heterocycles. The van der Waals surface area contributed by atoms with Crippen molar-refractivity contribution in [3.05, 3.63) is 64.3 Å². The molecule has 4 rings (SSSR count). The molecule has 0 saturated heterocycles. The zero-order valence-electron chi connectivity index (χ0n) is 15.2. The summed E-state index contributed by atoms with van der Waals surface area (Å²) in [7, 11) is 0. The summed E-state index contributed by atoms with van der Waals surface area (Å²) in [5.41, 5.74) is 8.73. The number of carbonyl (C=O) groups excluding carboxylic acids is 1. The molecular formula is C20H16N4O3S. The Kier molecular flexibility index (Phi) is 4.40. The number of hydrogen-bond acceptors (Lipinski definition) is 7. The van der Waals surface area contributed by atoms with Gasteiger partial charge in [0, 0.05) is 17.5 Å². The fourth-order valence-corrected chi connectivity index (χ4v) is 3.89. The second kappa shape index (κ2) is 6.90. The van der Waals surface area contributed by atoms with Gasteiger partial charge in [-0.3, -0.25) is 4.79 Å². The number of nitrogen functional groups attached to an aromatic ring is 1. The Balaban J connectivity index is 1.83. The van der Waals surface area contributed by atoms with Crippen molar-refractivity contribution in [2.24, 2.45) is 0 Å². The highest BCUT2D eigenvalue weighted by atomic mass is 32.1. The number of rotatable bonds is 4. The van der Waals surface area contributed by atoms with Crippen LogP contribution in [0.4, 0.5) is 5.69 Å². The molecule has 0 radical (unpaired) electrons. The van der Waals surface area contributed by atoms with E-state index in [1.54, 1.807) is 24.3 Å². The number of benzene rings is 1. The molecule has 0 aliphatic heterocycles. The van der Waals surface area contributed by atoms with E-state index in [9.17, 15) is 9.90 Å². The predicted octanol–water partition coefficient (Wildman–Crippen LogP) is 2.87. The molecule has 1 aromatic carbocycles. The number of fused-ring (bicyclic) bond motifs is 1. The van der Waals surface area contributed by atoms with Crippen LogP contribution in [-0.4, -0.2) is 16.0 Å². The molecular weight excluding hydrogens is 376 g/mol. The lowest BCUT2D eigenvalue weighted by Gasteiger charge is -1.98. The standard InChI is InChI=1S/C20H16N4O3S/c1-11(2)10-12-8-9-14-15(21)18(28-19(14)22-12)17(25)16-20(26)27-23-24(16)13-6-4-3-5-7-13/h3-10H,1-2H3,(H2-,21,23,25,26). The van der Waals surface area contributed by atoms with Crippen molar-refractivity contribution in [2.45, 2.75) is 13.8 Å². The average Bonchev–Trinajstić information content (AvgIpc) is 3.21. The topological polar surface area (TPSA) is 109 Å². The Morgan fingerprint density at radius 3 is 2.68 bits per heavy atom. The first kappa shape index (κ1) is 17.9. The van der Waals surface area contributed by atoms with Gasteiger partial charge in [0.2, 0.25) is 5.69 Å². The molecule has 0 fully saturated rings.